The Morgan fingerprint density at radius 2 is 1.69 bits per heavy atom. The average molecular weight is 632 g/mol. The Balaban J connectivity index is 1.67. The summed E-state index contributed by atoms with van der Waals surface area (Å²) in [5.74, 6) is -5.50. The SMILES string of the molecule is CC(C)C(=O)OC/C=C/c1ccc(O[C@@H]2C[C@H](C(=O)O)[C@@H](O)[C@H](O)[C@H]2O)c(NC(=O)CCNC(=O)CCN2C(=O)C=CC2=O)c1. The standard InChI is InChI=1S/C30H37N3O12/c1-16(2)30(43)44-13-3-4-17-5-6-20(45-21-15-18(29(41)42)26(38)28(40)27(21)39)19(14-17)32-23(35)9-11-31-22(34)10-12-33-24(36)7-8-25(33)37/h3-8,14,16,18,21,26-28,38-40H,9-13,15H2,1-2H3,(H,31,34)(H,32,35)(H,41,42)/b4-3+/t18-,21+,26+,27-,28-/m0/s1. The third-order valence-electron chi connectivity index (χ3n) is 7.09. The second-order valence-electron chi connectivity index (χ2n) is 10.8. The number of ether oxygens (including phenoxy) is 2. The first-order valence-corrected chi connectivity index (χ1v) is 14.3. The van der Waals surface area contributed by atoms with Crippen molar-refractivity contribution >= 4 is 47.3 Å². The zero-order valence-corrected chi connectivity index (χ0v) is 24.8. The molecule has 15 heteroatoms. The number of carbonyl (C=O) groups is 6. The summed E-state index contributed by atoms with van der Waals surface area (Å²) in [5.41, 5.74) is 0.668. The molecule has 1 aromatic rings. The maximum absolute atomic E-state index is 12.8. The van der Waals surface area contributed by atoms with Crippen molar-refractivity contribution in [3.8, 4) is 5.75 Å². The van der Waals surface area contributed by atoms with Crippen molar-refractivity contribution in [3.63, 3.8) is 0 Å². The molecule has 4 amide bonds. The maximum Gasteiger partial charge on any atom is 0.309 e. The number of imide groups is 1. The van der Waals surface area contributed by atoms with Crippen LogP contribution >= 0.6 is 0 Å². The number of carbonyl (C=O) groups excluding carboxylic acids is 5. The number of hydrogen-bond acceptors (Lipinski definition) is 11. The molecule has 244 valence electrons. The van der Waals surface area contributed by atoms with Crippen LogP contribution in [0.1, 0.15) is 38.7 Å². The van der Waals surface area contributed by atoms with Crippen LogP contribution in [-0.2, 0) is 33.5 Å². The molecule has 45 heavy (non-hydrogen) atoms. The van der Waals surface area contributed by atoms with Crippen LogP contribution in [0.25, 0.3) is 6.08 Å². The van der Waals surface area contributed by atoms with Crippen LogP contribution < -0.4 is 15.4 Å². The second kappa shape index (κ2) is 15.9. The van der Waals surface area contributed by atoms with Crippen LogP contribution in [0, 0.1) is 11.8 Å². The number of benzene rings is 1. The van der Waals surface area contributed by atoms with Crippen molar-refractivity contribution in [2.45, 2.75) is 57.5 Å². The van der Waals surface area contributed by atoms with Gasteiger partial charge in [0.15, 0.2) is 0 Å². The smallest absolute Gasteiger partial charge is 0.309 e. The third-order valence-corrected chi connectivity index (χ3v) is 7.09. The molecule has 6 N–H and O–H groups in total. The van der Waals surface area contributed by atoms with Gasteiger partial charge in [-0.05, 0) is 23.8 Å². The fourth-order valence-corrected chi connectivity index (χ4v) is 4.53. The van der Waals surface area contributed by atoms with Crippen molar-refractivity contribution < 1.29 is 58.7 Å². The molecule has 0 unspecified atom stereocenters. The van der Waals surface area contributed by atoms with Gasteiger partial charge in [0.1, 0.15) is 30.7 Å². The van der Waals surface area contributed by atoms with E-state index in [1.807, 2.05) is 0 Å². The summed E-state index contributed by atoms with van der Waals surface area (Å²) in [4.78, 5) is 72.4. The molecule has 5 atom stereocenters. The van der Waals surface area contributed by atoms with Gasteiger partial charge in [-0.25, -0.2) is 0 Å². The first-order chi connectivity index (χ1) is 21.3. The molecular formula is C30H37N3O12. The monoisotopic (exact) mass is 631 g/mol. The molecule has 3 rings (SSSR count). The van der Waals surface area contributed by atoms with Gasteiger partial charge in [-0.1, -0.05) is 26.0 Å². The van der Waals surface area contributed by atoms with Crippen LogP contribution in [0.4, 0.5) is 5.69 Å². The van der Waals surface area contributed by atoms with Crippen molar-refractivity contribution in [1.82, 2.24) is 10.2 Å². The van der Waals surface area contributed by atoms with Crippen LogP contribution in [0.2, 0.25) is 0 Å². The molecule has 1 aliphatic heterocycles. The summed E-state index contributed by atoms with van der Waals surface area (Å²) in [6, 6.07) is 4.55. The van der Waals surface area contributed by atoms with E-state index in [-0.39, 0.29) is 62.3 Å². The molecule has 1 heterocycles. The van der Waals surface area contributed by atoms with E-state index in [0.717, 1.165) is 17.1 Å². The quantitative estimate of drug-likeness (QED) is 0.114. The number of nitrogens with zero attached hydrogens (tertiary/aromatic N) is 1. The maximum atomic E-state index is 12.8. The molecule has 0 spiro atoms. The third kappa shape index (κ3) is 9.69. The van der Waals surface area contributed by atoms with E-state index < -0.39 is 59.9 Å². The van der Waals surface area contributed by atoms with Gasteiger partial charge in [-0.15, -0.1) is 0 Å². The van der Waals surface area contributed by atoms with E-state index in [4.69, 9.17) is 9.47 Å². The number of aliphatic hydroxyl groups is 3. The molecule has 0 radical (unpaired) electrons. The van der Waals surface area contributed by atoms with E-state index in [1.165, 1.54) is 12.1 Å². The predicted molar refractivity (Wildman–Crippen MR) is 156 cm³/mol. The van der Waals surface area contributed by atoms with E-state index >= 15 is 0 Å². The number of aliphatic carboxylic acids is 1. The van der Waals surface area contributed by atoms with Gasteiger partial charge in [-0.3, -0.25) is 33.7 Å². The molecule has 0 bridgehead atoms. The number of esters is 1. The Morgan fingerprint density at radius 3 is 2.33 bits per heavy atom. The molecular weight excluding hydrogens is 594 g/mol. The number of aliphatic hydroxyl groups excluding tert-OH is 3. The first-order valence-electron chi connectivity index (χ1n) is 14.3. The van der Waals surface area contributed by atoms with Crippen molar-refractivity contribution in [3.05, 3.63) is 42.0 Å². The van der Waals surface area contributed by atoms with Gasteiger partial charge in [0.05, 0.1) is 23.6 Å². The molecule has 1 aliphatic carbocycles. The lowest BCUT2D eigenvalue weighted by Crippen LogP contribution is -2.57. The normalized spacial score (nSPS) is 23.0. The van der Waals surface area contributed by atoms with E-state index in [1.54, 1.807) is 32.1 Å². The highest BCUT2D eigenvalue weighted by Gasteiger charge is 2.47. The lowest BCUT2D eigenvalue weighted by atomic mass is 9.80. The first kappa shape index (κ1) is 34.9. The second-order valence-corrected chi connectivity index (χ2v) is 10.8. The lowest BCUT2D eigenvalue weighted by Gasteiger charge is -2.38. The van der Waals surface area contributed by atoms with Crippen LogP contribution in [-0.4, -0.2) is 105 Å². The Bertz CT molecular complexity index is 1340. The van der Waals surface area contributed by atoms with Gasteiger partial charge in [0.25, 0.3) is 11.8 Å². The number of amides is 4. The highest BCUT2D eigenvalue weighted by Crippen LogP contribution is 2.33. The highest BCUT2D eigenvalue weighted by atomic mass is 16.5. The minimum Gasteiger partial charge on any atom is -0.485 e. The molecule has 0 saturated heterocycles. The molecule has 0 aromatic heterocycles. The zero-order chi connectivity index (χ0) is 33.3. The predicted octanol–water partition coefficient (Wildman–Crippen LogP) is -0.406. The summed E-state index contributed by atoms with van der Waals surface area (Å²) < 4.78 is 11.0. The summed E-state index contributed by atoms with van der Waals surface area (Å²) in [6.45, 7) is 3.21. The number of nitrogens with one attached hydrogen (secondary N) is 2. The van der Waals surface area contributed by atoms with E-state index in [9.17, 15) is 49.2 Å². The minimum atomic E-state index is -1.79. The summed E-state index contributed by atoms with van der Waals surface area (Å²) in [7, 11) is 0. The molecule has 2 aliphatic rings. The fraction of sp³-hybridized carbons (Fsp3) is 0.467. The van der Waals surface area contributed by atoms with Gasteiger partial charge in [0, 0.05) is 44.5 Å². The van der Waals surface area contributed by atoms with Crippen LogP contribution in [0.3, 0.4) is 0 Å². The van der Waals surface area contributed by atoms with Gasteiger partial charge in [0.2, 0.25) is 11.8 Å². The zero-order valence-electron chi connectivity index (χ0n) is 24.8. The summed E-state index contributed by atoms with van der Waals surface area (Å²) >= 11 is 0. The molecule has 1 fully saturated rings. The molecule has 1 aromatic carbocycles. The van der Waals surface area contributed by atoms with Crippen LogP contribution in [0.15, 0.2) is 36.4 Å². The lowest BCUT2D eigenvalue weighted by molar-refractivity contribution is -0.174. The Morgan fingerprint density at radius 1 is 1.00 bits per heavy atom. The van der Waals surface area contributed by atoms with Crippen molar-refractivity contribution in [2.75, 3.05) is 25.0 Å². The Kier molecular flexibility index (Phi) is 12.3. The summed E-state index contributed by atoms with van der Waals surface area (Å²) in [6.07, 6.45) is -1.63. The highest BCUT2D eigenvalue weighted by molar-refractivity contribution is 6.13. The molecule has 1 saturated carbocycles. The fourth-order valence-electron chi connectivity index (χ4n) is 4.53. The minimum absolute atomic E-state index is 0.00168. The van der Waals surface area contributed by atoms with Crippen molar-refractivity contribution in [1.29, 1.82) is 0 Å². The van der Waals surface area contributed by atoms with Gasteiger partial charge >= 0.3 is 11.9 Å². The van der Waals surface area contributed by atoms with Crippen molar-refractivity contribution in [2.24, 2.45) is 11.8 Å². The van der Waals surface area contributed by atoms with Crippen LogP contribution in [0.5, 0.6) is 5.75 Å². The summed E-state index contributed by atoms with van der Waals surface area (Å²) in [5, 5.41) is 45.4. The topological polar surface area (TPSA) is 229 Å². The van der Waals surface area contributed by atoms with Gasteiger partial charge < -0.3 is 40.5 Å². The number of hydrogen-bond donors (Lipinski definition) is 6. The number of rotatable bonds is 14. The average Bonchev–Trinajstić information content (AvgIpc) is 3.31. The number of anilines is 1. The van der Waals surface area contributed by atoms with E-state index in [2.05, 4.69) is 10.6 Å². The Labute approximate surface area is 258 Å². The molecule has 15 nitrogen and oxygen atoms in total. The van der Waals surface area contributed by atoms with Gasteiger partial charge in [-0.2, -0.15) is 0 Å². The largest absolute Gasteiger partial charge is 0.485 e. The number of carboxylic acid groups (broad SMARTS) is 1. The van der Waals surface area contributed by atoms with E-state index in [0.29, 0.717) is 5.56 Å². The Hall–Kier alpha value is -4.60. The number of carboxylic acids is 1.